The molecule has 0 saturated carbocycles. The number of hydrogen-bond donors (Lipinski definition) is 2. The first-order chi connectivity index (χ1) is 16.9. The second kappa shape index (κ2) is 10.8. The Bertz CT molecular complexity index is 1450. The number of benzene rings is 4. The fourth-order valence-corrected chi connectivity index (χ4v) is 3.50. The molecule has 0 heterocycles. The molecular formula is C26H17Cl2N3O4. The third-order valence-corrected chi connectivity index (χ3v) is 5.48. The van der Waals surface area contributed by atoms with Gasteiger partial charge in [-0.25, -0.2) is 10.2 Å². The van der Waals surface area contributed by atoms with Gasteiger partial charge in [-0.3, -0.25) is 9.59 Å². The molecule has 0 atom stereocenters. The predicted molar refractivity (Wildman–Crippen MR) is 136 cm³/mol. The monoisotopic (exact) mass is 505 g/mol. The van der Waals surface area contributed by atoms with E-state index in [0.29, 0.717) is 26.9 Å². The van der Waals surface area contributed by atoms with E-state index in [1.165, 1.54) is 6.21 Å². The van der Waals surface area contributed by atoms with Gasteiger partial charge in [0, 0.05) is 10.6 Å². The summed E-state index contributed by atoms with van der Waals surface area (Å²) in [5.74, 6) is -2.31. The second-order valence-corrected chi connectivity index (χ2v) is 8.07. The van der Waals surface area contributed by atoms with Gasteiger partial charge in [-0.15, -0.1) is 0 Å². The van der Waals surface area contributed by atoms with Crippen molar-refractivity contribution in [2.75, 3.05) is 5.32 Å². The minimum atomic E-state index is -0.999. The first-order valence-electron chi connectivity index (χ1n) is 10.3. The van der Waals surface area contributed by atoms with Crippen molar-refractivity contribution in [2.24, 2.45) is 5.10 Å². The number of carbonyl (C=O) groups is 3. The molecule has 0 aliphatic heterocycles. The van der Waals surface area contributed by atoms with Crippen molar-refractivity contribution in [2.45, 2.75) is 0 Å². The highest BCUT2D eigenvalue weighted by Gasteiger charge is 2.16. The Morgan fingerprint density at radius 1 is 0.800 bits per heavy atom. The van der Waals surface area contributed by atoms with E-state index in [-0.39, 0.29) is 5.75 Å². The molecule has 4 rings (SSSR count). The standard InChI is InChI=1S/C26H17Cl2N3O4/c27-18-12-9-17(10-13-18)26(34)35-23-14-11-16-5-1-2-6-19(16)20(23)15-29-31-25(33)24(32)30-22-8-4-3-7-21(22)28/h1-15H,(H,30,32)(H,31,33)/b29-15+. The number of hydrazone groups is 1. The number of rotatable bonds is 5. The molecule has 0 saturated heterocycles. The molecule has 0 unspecified atom stereocenters. The lowest BCUT2D eigenvalue weighted by Crippen LogP contribution is -2.32. The Labute approximate surface area is 210 Å². The largest absolute Gasteiger partial charge is 0.422 e. The van der Waals surface area contributed by atoms with Crippen LogP contribution < -0.4 is 15.5 Å². The molecule has 174 valence electrons. The number of carbonyl (C=O) groups excluding carboxylic acids is 3. The van der Waals surface area contributed by atoms with E-state index in [1.807, 2.05) is 24.3 Å². The Balaban J connectivity index is 1.54. The van der Waals surface area contributed by atoms with E-state index in [2.05, 4.69) is 15.8 Å². The maximum atomic E-state index is 12.6. The normalized spacial score (nSPS) is 10.8. The molecule has 0 fully saturated rings. The Hall–Kier alpha value is -4.20. The van der Waals surface area contributed by atoms with Crippen LogP contribution in [0.3, 0.4) is 0 Å². The maximum absolute atomic E-state index is 12.6. The molecule has 0 aliphatic carbocycles. The molecule has 4 aromatic rings. The van der Waals surface area contributed by atoms with Gasteiger partial charge in [0.15, 0.2) is 0 Å². The van der Waals surface area contributed by atoms with Crippen molar-refractivity contribution in [1.29, 1.82) is 0 Å². The van der Waals surface area contributed by atoms with Gasteiger partial charge in [0.05, 0.1) is 22.5 Å². The summed E-state index contributed by atoms with van der Waals surface area (Å²) in [7, 11) is 0. The first-order valence-corrected chi connectivity index (χ1v) is 11.1. The number of hydrogen-bond acceptors (Lipinski definition) is 5. The highest BCUT2D eigenvalue weighted by Crippen LogP contribution is 2.27. The van der Waals surface area contributed by atoms with E-state index in [4.69, 9.17) is 27.9 Å². The molecule has 0 aliphatic rings. The molecule has 0 bridgehead atoms. The topological polar surface area (TPSA) is 96.9 Å². The van der Waals surface area contributed by atoms with Crippen LogP contribution in [0, 0.1) is 0 Å². The van der Waals surface area contributed by atoms with E-state index >= 15 is 0 Å². The van der Waals surface area contributed by atoms with Gasteiger partial charge in [-0.05, 0) is 53.2 Å². The van der Waals surface area contributed by atoms with Gasteiger partial charge in [0.25, 0.3) is 0 Å². The van der Waals surface area contributed by atoms with Crippen molar-refractivity contribution in [1.82, 2.24) is 5.43 Å². The summed E-state index contributed by atoms with van der Waals surface area (Å²) in [6.45, 7) is 0. The lowest BCUT2D eigenvalue weighted by Gasteiger charge is -2.11. The summed E-state index contributed by atoms with van der Waals surface area (Å²) in [4.78, 5) is 37.0. The molecule has 4 aromatic carbocycles. The fourth-order valence-electron chi connectivity index (χ4n) is 3.19. The molecule has 0 aromatic heterocycles. The van der Waals surface area contributed by atoms with Crippen LogP contribution in [-0.4, -0.2) is 24.0 Å². The summed E-state index contributed by atoms with van der Waals surface area (Å²) < 4.78 is 5.60. The van der Waals surface area contributed by atoms with Crippen molar-refractivity contribution < 1.29 is 19.1 Å². The van der Waals surface area contributed by atoms with E-state index < -0.39 is 17.8 Å². The highest BCUT2D eigenvalue weighted by atomic mass is 35.5. The van der Waals surface area contributed by atoms with Gasteiger partial charge < -0.3 is 10.1 Å². The van der Waals surface area contributed by atoms with Gasteiger partial charge in [-0.2, -0.15) is 5.10 Å². The van der Waals surface area contributed by atoms with Gasteiger partial charge in [-0.1, -0.05) is 65.7 Å². The SMILES string of the molecule is O=C(N/N=C/c1c(OC(=O)c2ccc(Cl)cc2)ccc2ccccc12)C(=O)Nc1ccccc1Cl. The predicted octanol–water partition coefficient (Wildman–Crippen LogP) is 5.45. The van der Waals surface area contributed by atoms with Crippen LogP contribution >= 0.6 is 23.2 Å². The zero-order chi connectivity index (χ0) is 24.8. The lowest BCUT2D eigenvalue weighted by molar-refractivity contribution is -0.136. The average Bonchev–Trinajstić information content (AvgIpc) is 2.86. The molecular weight excluding hydrogens is 489 g/mol. The van der Waals surface area contributed by atoms with Gasteiger partial charge >= 0.3 is 17.8 Å². The van der Waals surface area contributed by atoms with Crippen LogP contribution in [0.4, 0.5) is 5.69 Å². The van der Waals surface area contributed by atoms with Crippen LogP contribution in [-0.2, 0) is 9.59 Å². The number of halogens is 2. The van der Waals surface area contributed by atoms with Gasteiger partial charge in [0.2, 0.25) is 0 Å². The summed E-state index contributed by atoms with van der Waals surface area (Å²) in [6.07, 6.45) is 1.31. The summed E-state index contributed by atoms with van der Waals surface area (Å²) in [6, 6.07) is 23.6. The van der Waals surface area contributed by atoms with Crippen molar-refractivity contribution >= 4 is 63.7 Å². The second-order valence-electron chi connectivity index (χ2n) is 7.23. The number of amides is 2. The number of anilines is 1. The van der Waals surface area contributed by atoms with Crippen molar-refractivity contribution in [3.63, 3.8) is 0 Å². The molecule has 7 nitrogen and oxygen atoms in total. The minimum Gasteiger partial charge on any atom is -0.422 e. The van der Waals surface area contributed by atoms with Crippen molar-refractivity contribution in [3.05, 3.63) is 106 Å². The van der Waals surface area contributed by atoms with Crippen LogP contribution in [0.15, 0.2) is 90.0 Å². The fraction of sp³-hybridized carbons (Fsp3) is 0. The maximum Gasteiger partial charge on any atom is 0.343 e. The van der Waals surface area contributed by atoms with Crippen LogP contribution in [0.25, 0.3) is 10.8 Å². The van der Waals surface area contributed by atoms with E-state index in [0.717, 1.165) is 10.8 Å². The molecule has 2 amide bonds. The van der Waals surface area contributed by atoms with Gasteiger partial charge in [0.1, 0.15) is 5.75 Å². The number of ether oxygens (including phenoxy) is 1. The number of nitrogens with one attached hydrogen (secondary N) is 2. The average molecular weight is 506 g/mol. The number of fused-ring (bicyclic) bond motifs is 1. The molecule has 35 heavy (non-hydrogen) atoms. The Morgan fingerprint density at radius 2 is 1.51 bits per heavy atom. The lowest BCUT2D eigenvalue weighted by atomic mass is 10.0. The minimum absolute atomic E-state index is 0.224. The van der Waals surface area contributed by atoms with Crippen molar-refractivity contribution in [3.8, 4) is 5.75 Å². The van der Waals surface area contributed by atoms with E-state index in [1.54, 1.807) is 60.7 Å². The number of esters is 1. The summed E-state index contributed by atoms with van der Waals surface area (Å²) in [5.41, 5.74) is 3.23. The molecule has 9 heteroatoms. The molecule has 0 radical (unpaired) electrons. The van der Waals surface area contributed by atoms with Crippen LogP contribution in [0.5, 0.6) is 5.75 Å². The smallest absolute Gasteiger partial charge is 0.343 e. The first kappa shape index (κ1) is 23.9. The molecule has 2 N–H and O–H groups in total. The third kappa shape index (κ3) is 5.84. The Kier molecular flexibility index (Phi) is 7.40. The van der Waals surface area contributed by atoms with E-state index in [9.17, 15) is 14.4 Å². The van der Waals surface area contributed by atoms with Crippen LogP contribution in [0.2, 0.25) is 10.0 Å². The highest BCUT2D eigenvalue weighted by molar-refractivity contribution is 6.41. The Morgan fingerprint density at radius 3 is 2.29 bits per heavy atom. The number of nitrogens with zero attached hydrogens (tertiary/aromatic N) is 1. The third-order valence-electron chi connectivity index (χ3n) is 4.90. The number of para-hydroxylation sites is 1. The summed E-state index contributed by atoms with van der Waals surface area (Å²) >= 11 is 11.9. The zero-order valence-electron chi connectivity index (χ0n) is 18.0. The quantitative estimate of drug-likeness (QED) is 0.124. The summed E-state index contributed by atoms with van der Waals surface area (Å²) in [5, 5.41) is 8.69. The molecule has 0 spiro atoms. The van der Waals surface area contributed by atoms with Crippen LogP contribution in [0.1, 0.15) is 15.9 Å². The zero-order valence-corrected chi connectivity index (χ0v) is 19.5.